The van der Waals surface area contributed by atoms with E-state index in [0.29, 0.717) is 0 Å². The molecule has 0 radical (unpaired) electrons. The number of methoxy groups -OCH3 is 1. The number of hydrogen-bond acceptors (Lipinski definition) is 7. The van der Waals surface area contributed by atoms with Crippen molar-refractivity contribution < 1.29 is 4.74 Å². The van der Waals surface area contributed by atoms with Crippen LogP contribution in [0.2, 0.25) is 0 Å². The van der Waals surface area contributed by atoms with Gasteiger partial charge in [-0.2, -0.15) is 4.98 Å². The molecule has 3 aromatic rings. The summed E-state index contributed by atoms with van der Waals surface area (Å²) in [4.78, 5) is 11.2. The molecule has 1 aliphatic heterocycles. The number of anilines is 2. The molecule has 0 unspecified atom stereocenters. The van der Waals surface area contributed by atoms with Gasteiger partial charge in [-0.05, 0) is 47.9 Å². The molecule has 2 aromatic carbocycles. The topological polar surface area (TPSA) is 88.3 Å². The van der Waals surface area contributed by atoms with Crippen LogP contribution in [0.1, 0.15) is 6.42 Å². The van der Waals surface area contributed by atoms with Crippen molar-refractivity contribution in [1.29, 1.82) is 0 Å². The summed E-state index contributed by atoms with van der Waals surface area (Å²) in [5, 5.41) is 6.87. The fourth-order valence-electron chi connectivity index (χ4n) is 3.85. The summed E-state index contributed by atoms with van der Waals surface area (Å²) in [5.41, 5.74) is 10.1. The summed E-state index contributed by atoms with van der Waals surface area (Å²) >= 11 is 0. The van der Waals surface area contributed by atoms with Crippen LogP contribution in [0.4, 0.5) is 11.8 Å². The highest BCUT2D eigenvalue weighted by atomic mass is 16.5. The Balaban J connectivity index is 1.50. The van der Waals surface area contributed by atoms with Gasteiger partial charge < -0.3 is 26.0 Å². The lowest BCUT2D eigenvalue weighted by Gasteiger charge is -2.27. The van der Waals surface area contributed by atoms with Gasteiger partial charge in [0.2, 0.25) is 5.95 Å². The van der Waals surface area contributed by atoms with Gasteiger partial charge in [0.25, 0.3) is 0 Å². The molecule has 31 heavy (non-hydrogen) atoms. The van der Waals surface area contributed by atoms with E-state index >= 15 is 0 Å². The van der Waals surface area contributed by atoms with Gasteiger partial charge in [0.15, 0.2) is 0 Å². The number of piperazine rings is 1. The van der Waals surface area contributed by atoms with Crippen LogP contribution >= 0.6 is 0 Å². The minimum Gasteiger partial charge on any atom is -0.497 e. The first kappa shape index (κ1) is 21.1. The maximum absolute atomic E-state index is 5.89. The molecular weight excluding hydrogens is 388 g/mol. The lowest BCUT2D eigenvalue weighted by atomic mass is 10.00. The second-order valence-corrected chi connectivity index (χ2v) is 7.68. The van der Waals surface area contributed by atoms with Crippen LogP contribution in [-0.4, -0.2) is 61.2 Å². The largest absolute Gasteiger partial charge is 0.497 e. The Morgan fingerprint density at radius 3 is 2.61 bits per heavy atom. The average molecular weight is 419 g/mol. The van der Waals surface area contributed by atoms with E-state index in [2.05, 4.69) is 55.8 Å². The van der Waals surface area contributed by atoms with Gasteiger partial charge >= 0.3 is 0 Å². The fourth-order valence-corrected chi connectivity index (χ4v) is 3.85. The molecule has 4 N–H and O–H groups in total. The molecule has 4 rings (SSSR count). The van der Waals surface area contributed by atoms with Crippen molar-refractivity contribution in [3.63, 3.8) is 0 Å². The van der Waals surface area contributed by atoms with Crippen molar-refractivity contribution >= 4 is 11.8 Å². The van der Waals surface area contributed by atoms with E-state index < -0.39 is 0 Å². The number of ether oxygens (including phenoxy) is 1. The minimum atomic E-state index is 0.275. The molecule has 1 aromatic heterocycles. The van der Waals surface area contributed by atoms with E-state index in [0.717, 1.165) is 79.5 Å². The van der Waals surface area contributed by atoms with Crippen LogP contribution in [-0.2, 0) is 0 Å². The summed E-state index contributed by atoms with van der Waals surface area (Å²) in [6, 6.07) is 16.4. The van der Waals surface area contributed by atoms with Crippen molar-refractivity contribution in [2.24, 2.45) is 0 Å². The lowest BCUT2D eigenvalue weighted by molar-refractivity contribution is 0.240. The van der Waals surface area contributed by atoms with E-state index in [1.807, 2.05) is 18.2 Å². The third-order valence-electron chi connectivity index (χ3n) is 5.54. The summed E-state index contributed by atoms with van der Waals surface area (Å²) in [6.45, 7) is 6.29. The Morgan fingerprint density at radius 1 is 1.06 bits per heavy atom. The molecule has 7 heteroatoms. The number of aromatic nitrogens is 2. The van der Waals surface area contributed by atoms with Crippen molar-refractivity contribution in [3.05, 3.63) is 54.7 Å². The zero-order valence-corrected chi connectivity index (χ0v) is 18.0. The van der Waals surface area contributed by atoms with Crippen LogP contribution in [0.15, 0.2) is 54.7 Å². The summed E-state index contributed by atoms with van der Waals surface area (Å²) in [7, 11) is 1.68. The van der Waals surface area contributed by atoms with Gasteiger partial charge in [0.05, 0.1) is 7.11 Å². The molecule has 7 nitrogen and oxygen atoms in total. The number of nitrogen functional groups attached to an aromatic ring is 1. The van der Waals surface area contributed by atoms with E-state index in [-0.39, 0.29) is 5.95 Å². The molecule has 0 aliphatic carbocycles. The Morgan fingerprint density at radius 2 is 1.81 bits per heavy atom. The molecule has 162 valence electrons. The second kappa shape index (κ2) is 10.2. The van der Waals surface area contributed by atoms with E-state index in [1.165, 1.54) is 0 Å². The standard InChI is InChI=1S/C24H30N6O/c1-31-21-8-3-6-19(16-21)18-5-2-7-20(15-18)22-17-28-24(25)29-23(22)27-9-4-12-30-13-10-26-11-14-30/h2-3,5-8,15-17,26H,4,9-14H2,1H3,(H3,25,27,28,29). The van der Waals surface area contributed by atoms with Crippen LogP contribution in [0.3, 0.4) is 0 Å². The van der Waals surface area contributed by atoms with Gasteiger partial charge in [0, 0.05) is 44.5 Å². The molecular formula is C24H30N6O. The maximum atomic E-state index is 5.89. The third-order valence-corrected chi connectivity index (χ3v) is 5.54. The van der Waals surface area contributed by atoms with Gasteiger partial charge in [-0.3, -0.25) is 0 Å². The van der Waals surface area contributed by atoms with Crippen LogP contribution in [0.5, 0.6) is 5.75 Å². The number of nitrogens with two attached hydrogens (primary N) is 1. The molecule has 1 saturated heterocycles. The van der Waals surface area contributed by atoms with E-state index in [1.54, 1.807) is 13.3 Å². The van der Waals surface area contributed by atoms with Crippen molar-refractivity contribution in [2.45, 2.75) is 6.42 Å². The quantitative estimate of drug-likeness (QED) is 0.485. The molecule has 0 spiro atoms. The Hall–Kier alpha value is -3.16. The number of rotatable bonds is 8. The smallest absolute Gasteiger partial charge is 0.221 e. The average Bonchev–Trinajstić information content (AvgIpc) is 2.83. The predicted molar refractivity (Wildman–Crippen MR) is 126 cm³/mol. The van der Waals surface area contributed by atoms with Gasteiger partial charge in [0.1, 0.15) is 11.6 Å². The first-order valence-electron chi connectivity index (χ1n) is 10.8. The summed E-state index contributed by atoms with van der Waals surface area (Å²) in [5.74, 6) is 1.89. The zero-order chi connectivity index (χ0) is 21.5. The van der Waals surface area contributed by atoms with Crippen molar-refractivity contribution in [1.82, 2.24) is 20.2 Å². The van der Waals surface area contributed by atoms with E-state index in [4.69, 9.17) is 10.5 Å². The number of nitrogens with one attached hydrogen (secondary N) is 2. The molecule has 0 bridgehead atoms. The normalized spacial score (nSPS) is 14.4. The molecule has 0 saturated carbocycles. The minimum absolute atomic E-state index is 0.275. The Labute approximate surface area is 183 Å². The van der Waals surface area contributed by atoms with Crippen molar-refractivity contribution in [3.8, 4) is 28.0 Å². The number of hydrogen-bond donors (Lipinski definition) is 3. The van der Waals surface area contributed by atoms with Crippen LogP contribution in [0.25, 0.3) is 22.3 Å². The lowest BCUT2D eigenvalue weighted by Crippen LogP contribution is -2.44. The monoisotopic (exact) mass is 418 g/mol. The zero-order valence-electron chi connectivity index (χ0n) is 18.0. The van der Waals surface area contributed by atoms with E-state index in [9.17, 15) is 0 Å². The maximum Gasteiger partial charge on any atom is 0.221 e. The molecule has 1 fully saturated rings. The first-order valence-corrected chi connectivity index (χ1v) is 10.8. The number of benzene rings is 2. The highest BCUT2D eigenvalue weighted by molar-refractivity contribution is 5.79. The Bertz CT molecular complexity index is 1000. The van der Waals surface area contributed by atoms with Gasteiger partial charge in [-0.15, -0.1) is 0 Å². The van der Waals surface area contributed by atoms with Gasteiger partial charge in [-0.1, -0.05) is 30.3 Å². The Kier molecular flexibility index (Phi) is 6.96. The van der Waals surface area contributed by atoms with Crippen molar-refractivity contribution in [2.75, 3.05) is 57.4 Å². The molecule has 0 atom stereocenters. The SMILES string of the molecule is COc1cccc(-c2cccc(-c3cnc(N)nc3NCCCN3CCNCC3)c2)c1. The van der Waals surface area contributed by atoms with Crippen LogP contribution < -0.4 is 21.1 Å². The molecule has 2 heterocycles. The summed E-state index contributed by atoms with van der Waals surface area (Å²) in [6.07, 6.45) is 2.85. The highest BCUT2D eigenvalue weighted by Crippen LogP contribution is 2.31. The van der Waals surface area contributed by atoms with Gasteiger partial charge in [-0.25, -0.2) is 4.98 Å². The highest BCUT2D eigenvalue weighted by Gasteiger charge is 2.12. The number of nitrogens with zero attached hydrogens (tertiary/aromatic N) is 3. The van der Waals surface area contributed by atoms with Crippen LogP contribution in [0, 0.1) is 0 Å². The molecule has 0 amide bonds. The fraction of sp³-hybridized carbons (Fsp3) is 0.333. The first-order chi connectivity index (χ1) is 15.2. The third kappa shape index (κ3) is 5.51. The predicted octanol–water partition coefficient (Wildman–Crippen LogP) is 3.11. The second-order valence-electron chi connectivity index (χ2n) is 7.68. The molecule has 1 aliphatic rings. The summed E-state index contributed by atoms with van der Waals surface area (Å²) < 4.78 is 5.37.